The van der Waals surface area contributed by atoms with Crippen molar-refractivity contribution in [2.75, 3.05) is 13.7 Å². The fourth-order valence-electron chi connectivity index (χ4n) is 3.28. The van der Waals surface area contributed by atoms with Gasteiger partial charge in [-0.2, -0.15) is 0 Å². The van der Waals surface area contributed by atoms with Crippen molar-refractivity contribution in [3.63, 3.8) is 0 Å². The summed E-state index contributed by atoms with van der Waals surface area (Å²) in [6.45, 7) is 25.7. The molecule has 0 radical (unpaired) electrons. The molecule has 2 aromatic carbocycles. The van der Waals surface area contributed by atoms with Crippen LogP contribution in [-0.2, 0) is 47.4 Å². The van der Waals surface area contributed by atoms with E-state index in [0.29, 0.717) is 0 Å². The van der Waals surface area contributed by atoms with E-state index in [1.165, 1.54) is 41.8 Å². The number of rotatable bonds is 6. The Bertz CT molecular complexity index is 970. The van der Waals surface area contributed by atoms with Gasteiger partial charge >= 0.3 is 218 Å². The van der Waals surface area contributed by atoms with Crippen LogP contribution in [0.2, 0.25) is 0 Å². The number of nitrogens with zero attached hydrogens (tertiary/aromatic N) is 1. The Kier molecular flexibility index (Phi) is 26.7. The monoisotopic (exact) mass is 641 g/mol. The third-order valence-electron chi connectivity index (χ3n) is 4.39. The number of ether oxygens (including phenoxy) is 1. The number of benzene rings is 2. The van der Waals surface area contributed by atoms with Crippen molar-refractivity contribution in [2.45, 2.75) is 19.3 Å². The second-order valence-corrected chi connectivity index (χ2v) is 7.38. The zero-order valence-electron chi connectivity index (χ0n) is 19.2. The van der Waals surface area contributed by atoms with E-state index in [2.05, 4.69) is 118 Å². The zero-order valence-corrected chi connectivity index (χ0v) is 22.2. The minimum absolute atomic E-state index is 0.219. The van der Waals surface area contributed by atoms with Gasteiger partial charge in [-0.05, 0) is 0 Å². The van der Waals surface area contributed by atoms with Crippen LogP contribution < -0.4 is 0 Å². The van der Waals surface area contributed by atoms with E-state index < -0.39 is 0 Å². The van der Waals surface area contributed by atoms with Crippen LogP contribution in [-0.4, -0.2) is 22.6 Å². The Morgan fingerprint density at radius 2 is 1.29 bits per heavy atom. The average Bonchev–Trinajstić information content (AvgIpc) is 2.98. The van der Waals surface area contributed by atoms with Crippen molar-refractivity contribution < 1.29 is 47.4 Å². The second-order valence-electron chi connectivity index (χ2n) is 6.04. The molecule has 0 saturated carbocycles. The summed E-state index contributed by atoms with van der Waals surface area (Å²) in [4.78, 5) is 2.37. The normalized spacial score (nSPS) is 12.5. The van der Waals surface area contributed by atoms with E-state index >= 15 is 0 Å². The fraction of sp³-hybridized carbons (Fsp3) is 0.185. The summed E-state index contributed by atoms with van der Waals surface area (Å²) in [5.41, 5.74) is 5.10. The first-order valence-electron chi connectivity index (χ1n) is 9.66. The molecular weight excluding hydrogens is 618 g/mol. The van der Waals surface area contributed by atoms with Crippen LogP contribution >= 0.6 is 0 Å². The van der Waals surface area contributed by atoms with Gasteiger partial charge in [0.1, 0.15) is 0 Å². The predicted molar refractivity (Wildman–Crippen MR) is 120 cm³/mol. The molecule has 0 spiro atoms. The van der Waals surface area contributed by atoms with Crippen LogP contribution in [0.5, 0.6) is 0 Å². The van der Waals surface area contributed by atoms with Gasteiger partial charge in [0.05, 0.1) is 0 Å². The Morgan fingerprint density at radius 1 is 0.829 bits per heavy atom. The molecule has 3 rings (SSSR count). The Balaban J connectivity index is -0.000000912. The molecule has 2 aromatic rings. The molecule has 1 atom stereocenters. The predicted octanol–water partition coefficient (Wildman–Crippen LogP) is 4.56. The van der Waals surface area contributed by atoms with E-state index in [-0.39, 0.29) is 5.92 Å². The van der Waals surface area contributed by atoms with Gasteiger partial charge in [0.2, 0.25) is 0 Å². The van der Waals surface area contributed by atoms with Crippen molar-refractivity contribution >= 4 is 9.78 Å². The van der Waals surface area contributed by atoms with Gasteiger partial charge in [0.15, 0.2) is 0 Å². The molecule has 0 amide bonds. The molecule has 8 heteroatoms. The Hall–Kier alpha value is -3.06. The van der Waals surface area contributed by atoms with Crippen LogP contribution in [0.4, 0.5) is 0 Å². The van der Waals surface area contributed by atoms with E-state index in [1.807, 2.05) is 0 Å². The maximum absolute atomic E-state index is 7.50. The quantitative estimate of drug-likeness (QED) is 0.341. The summed E-state index contributed by atoms with van der Waals surface area (Å²) in [6, 6.07) is 21.3. The molecule has 0 saturated heterocycles. The van der Waals surface area contributed by atoms with E-state index in [9.17, 15) is 0 Å². The summed E-state index contributed by atoms with van der Waals surface area (Å²) >= 11 is 1.36. The fourth-order valence-corrected chi connectivity index (χ4v) is 4.08. The van der Waals surface area contributed by atoms with Crippen molar-refractivity contribution in [3.8, 4) is 0 Å². The number of hydrogen-bond donors (Lipinski definition) is 0. The molecule has 0 N–H and O–H groups in total. The first-order chi connectivity index (χ1) is 17.3. The van der Waals surface area contributed by atoms with Gasteiger partial charge in [-0.3, -0.25) is 0 Å². The van der Waals surface area contributed by atoms with Gasteiger partial charge in [0.25, 0.3) is 0 Å². The molecule has 1 aliphatic rings. The molecule has 0 bridgehead atoms. The summed E-state index contributed by atoms with van der Waals surface area (Å²) < 4.78 is 44.3. The topological polar surface area (TPSA) is 112 Å². The Morgan fingerprint density at radius 3 is 1.71 bits per heavy atom. The van der Waals surface area contributed by atoms with Crippen LogP contribution in [0.1, 0.15) is 30.4 Å². The number of hydrogen-bond acceptors (Lipinski definition) is 2. The van der Waals surface area contributed by atoms with Gasteiger partial charge in [0, 0.05) is 0 Å². The molecular formula is C27H23NO6W. The van der Waals surface area contributed by atoms with Crippen LogP contribution in [0.3, 0.4) is 0 Å². The first-order valence-corrected chi connectivity index (χ1v) is 11.1. The third-order valence-corrected chi connectivity index (χ3v) is 5.78. The van der Waals surface area contributed by atoms with Crippen molar-refractivity contribution in [1.29, 1.82) is 0 Å². The Labute approximate surface area is 217 Å². The zero-order chi connectivity index (χ0) is 27.6. The first kappa shape index (κ1) is 36.5. The van der Waals surface area contributed by atoms with Crippen molar-refractivity contribution in [1.82, 2.24) is 4.90 Å². The standard InChI is InChI=1S/C22H23NO.5CO.W/c1-3-15-23-16-14-20(18-10-6-4-7-11-18)21(17-24-2)22(23)19-12-8-5-9-13-19;5*1-2;/h4-14,16,20H,3,15H2,1-2H3;;;;;;. The molecule has 0 aromatic heterocycles. The average molecular weight is 641 g/mol. The van der Waals surface area contributed by atoms with Crippen molar-refractivity contribution in [2.24, 2.45) is 0 Å². The van der Waals surface area contributed by atoms with Crippen LogP contribution in [0.25, 0.3) is 5.70 Å². The molecule has 1 heterocycles. The molecule has 178 valence electrons. The van der Waals surface area contributed by atoms with E-state index in [1.54, 1.807) is 7.11 Å². The number of methoxy groups -OCH3 is 1. The summed E-state index contributed by atoms with van der Waals surface area (Å²) in [6.07, 6.45) is 5.64. The van der Waals surface area contributed by atoms with Crippen LogP contribution in [0.15, 0.2) is 78.5 Å². The SMILES string of the molecule is CCCN1C=CC(c2ccccc2)C([C](=[W])OC)=C1c1ccccc1.[C-]#[O+].[C-]#[O+].[C-]#[O+].[C-]#[O+].[C-]#[O+]. The molecule has 1 unspecified atom stereocenters. The molecule has 1 aliphatic heterocycles. The third kappa shape index (κ3) is 11.8. The summed E-state index contributed by atoms with van der Waals surface area (Å²) in [5.74, 6) is 0.219. The minimum atomic E-state index is 0.219. The maximum atomic E-state index is 7.50. The van der Waals surface area contributed by atoms with Crippen molar-refractivity contribution in [3.05, 3.63) is 123 Å². The summed E-state index contributed by atoms with van der Waals surface area (Å²) in [7, 11) is 1.78. The van der Waals surface area contributed by atoms with Gasteiger partial charge in [-0.1, -0.05) is 0 Å². The number of allylic oxidation sites excluding steroid dienone is 1. The van der Waals surface area contributed by atoms with E-state index in [4.69, 9.17) is 28.0 Å². The molecule has 35 heavy (non-hydrogen) atoms. The molecule has 0 fully saturated rings. The van der Waals surface area contributed by atoms with Gasteiger partial charge < -0.3 is 0 Å². The second kappa shape index (κ2) is 25.6. The molecule has 7 nitrogen and oxygen atoms in total. The summed E-state index contributed by atoms with van der Waals surface area (Å²) in [5, 5.41) is 0. The van der Waals surface area contributed by atoms with Gasteiger partial charge in [-0.15, -0.1) is 0 Å². The van der Waals surface area contributed by atoms with Gasteiger partial charge in [-0.25, -0.2) is 0 Å². The van der Waals surface area contributed by atoms with Crippen LogP contribution in [0, 0.1) is 33.3 Å². The molecule has 0 aliphatic carbocycles. The van der Waals surface area contributed by atoms with E-state index in [0.717, 1.165) is 17.0 Å².